The van der Waals surface area contributed by atoms with Crippen molar-refractivity contribution in [2.24, 2.45) is 0 Å². The summed E-state index contributed by atoms with van der Waals surface area (Å²) in [4.78, 5) is 10.6. The third-order valence-corrected chi connectivity index (χ3v) is 8.33. The highest BCUT2D eigenvalue weighted by Crippen LogP contribution is 2.38. The number of hydrogen-bond donors (Lipinski definition) is 1. The average Bonchev–Trinajstić information content (AvgIpc) is 2.14. The highest BCUT2D eigenvalue weighted by Gasteiger charge is 2.38. The van der Waals surface area contributed by atoms with Gasteiger partial charge < -0.3 is 9.53 Å². The smallest absolute Gasteiger partial charge is 0.303 e. The van der Waals surface area contributed by atoms with Gasteiger partial charge in [-0.25, -0.2) is 0 Å². The van der Waals surface area contributed by atoms with E-state index in [-0.39, 0.29) is 17.6 Å². The Labute approximate surface area is 113 Å². The van der Waals surface area contributed by atoms with Crippen LogP contribution in [0.4, 0.5) is 0 Å². The van der Waals surface area contributed by atoms with Gasteiger partial charge in [0.25, 0.3) is 0 Å². The van der Waals surface area contributed by atoms with Gasteiger partial charge in [0.2, 0.25) is 0 Å². The maximum atomic E-state index is 10.6. The maximum absolute atomic E-state index is 10.6. The lowest BCUT2D eigenvalue weighted by Crippen LogP contribution is -2.44. The lowest BCUT2D eigenvalue weighted by Gasteiger charge is -2.39. The van der Waals surface area contributed by atoms with Crippen LogP contribution in [0.1, 0.15) is 59.8 Å². The summed E-state index contributed by atoms with van der Waals surface area (Å²) >= 11 is 0. The number of carbonyl (C=O) groups is 1. The maximum Gasteiger partial charge on any atom is 0.303 e. The van der Waals surface area contributed by atoms with Crippen LogP contribution in [0.25, 0.3) is 0 Å². The van der Waals surface area contributed by atoms with Gasteiger partial charge >= 0.3 is 5.97 Å². The Balaban J connectivity index is 4.38. The van der Waals surface area contributed by atoms with E-state index in [1.807, 2.05) is 0 Å². The Morgan fingerprint density at radius 2 is 1.83 bits per heavy atom. The molecule has 4 heteroatoms. The van der Waals surface area contributed by atoms with Gasteiger partial charge in [0.15, 0.2) is 8.32 Å². The second-order valence-electron chi connectivity index (χ2n) is 6.57. The molecule has 0 fully saturated rings. The Bertz CT molecular complexity index is 256. The van der Waals surface area contributed by atoms with E-state index in [1.54, 1.807) is 0 Å². The molecule has 0 aliphatic heterocycles. The minimum atomic E-state index is -1.73. The van der Waals surface area contributed by atoms with Crippen molar-refractivity contribution >= 4 is 14.3 Å². The first-order valence-corrected chi connectivity index (χ1v) is 9.90. The molecule has 3 nitrogen and oxygen atoms in total. The van der Waals surface area contributed by atoms with Crippen LogP contribution in [0.15, 0.2) is 0 Å². The SMILES string of the molecule is CCC[C@H](CCCC(=O)O)O[Si](C)(C)C(C)(C)C. The first-order valence-electron chi connectivity index (χ1n) is 6.99. The quantitative estimate of drug-likeness (QED) is 0.666. The molecule has 0 amide bonds. The molecule has 0 aliphatic rings. The molecule has 0 aliphatic carbocycles. The van der Waals surface area contributed by atoms with Crippen molar-refractivity contribution in [2.45, 2.75) is 84.0 Å². The minimum absolute atomic E-state index is 0.214. The Kier molecular flexibility index (Phi) is 7.15. The van der Waals surface area contributed by atoms with E-state index in [2.05, 4.69) is 40.8 Å². The summed E-state index contributed by atoms with van der Waals surface area (Å²) in [5.41, 5.74) is 0. The molecule has 0 saturated heterocycles. The summed E-state index contributed by atoms with van der Waals surface area (Å²) in [6, 6.07) is 0. The molecule has 0 unspecified atom stereocenters. The van der Waals surface area contributed by atoms with Crippen LogP contribution in [-0.4, -0.2) is 25.5 Å². The fraction of sp³-hybridized carbons (Fsp3) is 0.929. The van der Waals surface area contributed by atoms with Crippen molar-refractivity contribution in [3.63, 3.8) is 0 Å². The molecule has 0 aromatic heterocycles. The van der Waals surface area contributed by atoms with Crippen molar-refractivity contribution in [3.8, 4) is 0 Å². The van der Waals surface area contributed by atoms with Crippen molar-refractivity contribution in [1.29, 1.82) is 0 Å². The summed E-state index contributed by atoms with van der Waals surface area (Å²) in [5.74, 6) is -0.711. The minimum Gasteiger partial charge on any atom is -0.481 e. The molecular formula is C14H30O3Si. The van der Waals surface area contributed by atoms with Gasteiger partial charge in [-0.05, 0) is 37.4 Å². The molecule has 1 N–H and O–H groups in total. The predicted molar refractivity (Wildman–Crippen MR) is 78.5 cm³/mol. The summed E-state index contributed by atoms with van der Waals surface area (Å²) in [6.45, 7) is 13.4. The molecule has 0 rings (SSSR count). The van der Waals surface area contributed by atoms with Crippen LogP contribution in [0.5, 0.6) is 0 Å². The van der Waals surface area contributed by atoms with E-state index in [0.29, 0.717) is 6.42 Å². The van der Waals surface area contributed by atoms with E-state index in [4.69, 9.17) is 9.53 Å². The zero-order chi connectivity index (χ0) is 14.4. The lowest BCUT2D eigenvalue weighted by atomic mass is 10.1. The second kappa shape index (κ2) is 7.29. The van der Waals surface area contributed by atoms with Gasteiger partial charge in [0.05, 0.1) is 0 Å². The molecule has 0 spiro atoms. The van der Waals surface area contributed by atoms with Crippen LogP contribution >= 0.6 is 0 Å². The van der Waals surface area contributed by atoms with Gasteiger partial charge in [-0.15, -0.1) is 0 Å². The van der Waals surface area contributed by atoms with Crippen LogP contribution in [-0.2, 0) is 9.22 Å². The lowest BCUT2D eigenvalue weighted by molar-refractivity contribution is -0.137. The molecule has 0 aromatic carbocycles. The van der Waals surface area contributed by atoms with Crippen molar-refractivity contribution in [3.05, 3.63) is 0 Å². The van der Waals surface area contributed by atoms with Crippen molar-refractivity contribution in [1.82, 2.24) is 0 Å². The highest BCUT2D eigenvalue weighted by molar-refractivity contribution is 6.74. The number of rotatable bonds is 8. The summed E-state index contributed by atoms with van der Waals surface area (Å²) in [6.07, 6.45) is 4.19. The Hall–Kier alpha value is -0.353. The van der Waals surface area contributed by atoms with Crippen molar-refractivity contribution < 1.29 is 14.3 Å². The zero-order valence-electron chi connectivity index (χ0n) is 12.9. The van der Waals surface area contributed by atoms with Gasteiger partial charge in [-0.1, -0.05) is 34.1 Å². The molecule has 108 valence electrons. The number of hydrogen-bond acceptors (Lipinski definition) is 2. The van der Waals surface area contributed by atoms with Crippen LogP contribution < -0.4 is 0 Å². The van der Waals surface area contributed by atoms with Crippen LogP contribution in [0.2, 0.25) is 18.1 Å². The molecular weight excluding hydrogens is 244 g/mol. The monoisotopic (exact) mass is 274 g/mol. The molecule has 1 atom stereocenters. The van der Waals surface area contributed by atoms with Crippen molar-refractivity contribution in [2.75, 3.05) is 0 Å². The standard InChI is InChI=1S/C14H30O3Si/c1-7-9-12(10-8-11-13(15)16)17-18(5,6)14(2,3)4/h12H,7-11H2,1-6H3,(H,15,16)/t12-/m1/s1. The summed E-state index contributed by atoms with van der Waals surface area (Å²) < 4.78 is 6.37. The van der Waals surface area contributed by atoms with E-state index >= 15 is 0 Å². The number of aliphatic carboxylic acids is 1. The van der Waals surface area contributed by atoms with E-state index in [9.17, 15) is 4.79 Å². The van der Waals surface area contributed by atoms with Gasteiger partial charge in [-0.3, -0.25) is 4.79 Å². The summed E-state index contributed by atoms with van der Waals surface area (Å²) in [7, 11) is -1.73. The van der Waals surface area contributed by atoms with Gasteiger partial charge in [-0.2, -0.15) is 0 Å². The Morgan fingerprint density at radius 1 is 1.28 bits per heavy atom. The molecule has 0 radical (unpaired) electrons. The predicted octanol–water partition coefficient (Wildman–Crippen LogP) is 4.43. The van der Waals surface area contributed by atoms with E-state index in [0.717, 1.165) is 19.3 Å². The second-order valence-corrected chi connectivity index (χ2v) is 11.3. The van der Waals surface area contributed by atoms with Gasteiger partial charge in [0, 0.05) is 12.5 Å². The first kappa shape index (κ1) is 17.6. The molecule has 0 bridgehead atoms. The molecule has 0 heterocycles. The third kappa shape index (κ3) is 6.54. The van der Waals surface area contributed by atoms with Crippen LogP contribution in [0, 0.1) is 0 Å². The molecule has 0 saturated carbocycles. The number of carboxylic acid groups (broad SMARTS) is 1. The van der Waals surface area contributed by atoms with Gasteiger partial charge in [0.1, 0.15) is 0 Å². The largest absolute Gasteiger partial charge is 0.481 e. The fourth-order valence-corrected chi connectivity index (χ4v) is 3.08. The number of carboxylic acids is 1. The molecule has 18 heavy (non-hydrogen) atoms. The Morgan fingerprint density at radius 3 is 2.22 bits per heavy atom. The average molecular weight is 274 g/mol. The zero-order valence-corrected chi connectivity index (χ0v) is 13.9. The normalized spacial score (nSPS) is 14.6. The third-order valence-electron chi connectivity index (χ3n) is 3.79. The highest BCUT2D eigenvalue weighted by atomic mass is 28.4. The topological polar surface area (TPSA) is 46.5 Å². The first-order chi connectivity index (χ1) is 8.10. The van der Waals surface area contributed by atoms with E-state index in [1.165, 1.54) is 0 Å². The van der Waals surface area contributed by atoms with E-state index < -0.39 is 14.3 Å². The summed E-state index contributed by atoms with van der Waals surface area (Å²) in [5, 5.41) is 8.90. The van der Waals surface area contributed by atoms with Crippen LogP contribution in [0.3, 0.4) is 0 Å². The fourth-order valence-electron chi connectivity index (χ4n) is 1.66. The molecule has 0 aromatic rings.